The van der Waals surface area contributed by atoms with Gasteiger partial charge in [0.05, 0.1) is 7.11 Å². The van der Waals surface area contributed by atoms with Gasteiger partial charge in [-0.3, -0.25) is 9.59 Å². The van der Waals surface area contributed by atoms with Crippen LogP contribution in [0.2, 0.25) is 0 Å². The number of nitrogen functional groups attached to an aromatic ring is 1. The van der Waals surface area contributed by atoms with Crippen molar-refractivity contribution in [1.82, 2.24) is 0 Å². The second-order valence-electron chi connectivity index (χ2n) is 6.61. The van der Waals surface area contributed by atoms with E-state index in [1.807, 2.05) is 18.2 Å². The number of anilines is 2. The molecule has 1 amide bonds. The molecule has 5 nitrogen and oxygen atoms in total. The number of hydrogen-bond donors (Lipinski definition) is 1. The molecule has 0 heterocycles. The Kier molecular flexibility index (Phi) is 7.86. The highest BCUT2D eigenvalue weighted by Gasteiger charge is 2.16. The summed E-state index contributed by atoms with van der Waals surface area (Å²) in [4.78, 5) is 25.6. The maximum atomic E-state index is 12.8. The predicted molar refractivity (Wildman–Crippen MR) is 109 cm³/mol. The van der Waals surface area contributed by atoms with Crippen LogP contribution in [0.25, 0.3) is 0 Å². The minimum atomic E-state index is -0.150. The minimum Gasteiger partial charge on any atom is -0.469 e. The predicted octanol–water partition coefficient (Wildman–Crippen LogP) is 4.21. The highest BCUT2D eigenvalue weighted by atomic mass is 16.5. The molecule has 0 fully saturated rings. The molecule has 144 valence electrons. The van der Waals surface area contributed by atoms with E-state index in [1.165, 1.54) is 7.11 Å². The van der Waals surface area contributed by atoms with Gasteiger partial charge in [-0.05, 0) is 55.2 Å². The molecule has 2 aromatic carbocycles. The molecule has 0 aromatic heterocycles. The molecule has 2 aromatic rings. The number of rotatable bonds is 9. The van der Waals surface area contributed by atoms with Gasteiger partial charge in [0.15, 0.2) is 0 Å². The second kappa shape index (κ2) is 10.4. The molecule has 5 heteroatoms. The van der Waals surface area contributed by atoms with E-state index in [0.717, 1.165) is 43.4 Å². The lowest BCUT2D eigenvalue weighted by Crippen LogP contribution is -2.27. The quantitative estimate of drug-likeness (QED) is 0.409. The molecule has 0 saturated heterocycles. The first-order chi connectivity index (χ1) is 13.0. The summed E-state index contributed by atoms with van der Waals surface area (Å²) in [7, 11) is 3.22. The Labute approximate surface area is 161 Å². The van der Waals surface area contributed by atoms with Crippen molar-refractivity contribution in [2.75, 3.05) is 24.8 Å². The van der Waals surface area contributed by atoms with E-state index in [9.17, 15) is 9.59 Å². The first-order valence-electron chi connectivity index (χ1n) is 9.31. The monoisotopic (exact) mass is 368 g/mol. The standard InChI is InChI=1S/C22H28N2O3/c1-24(22(26)18-13-15-19(23)16-14-18)20-11-8-7-10-17(20)9-5-3-4-6-12-21(25)27-2/h7-8,10-11,13-16H,3-6,9,12,23H2,1-2H3. The normalized spacial score (nSPS) is 10.4. The zero-order valence-electron chi connectivity index (χ0n) is 16.1. The Balaban J connectivity index is 1.93. The SMILES string of the molecule is COC(=O)CCCCCCc1ccccc1N(C)C(=O)c1ccc(N)cc1. The third kappa shape index (κ3) is 6.13. The van der Waals surface area contributed by atoms with E-state index in [1.54, 1.807) is 36.2 Å². The van der Waals surface area contributed by atoms with Gasteiger partial charge in [-0.1, -0.05) is 31.0 Å². The molecule has 0 aliphatic heterocycles. The lowest BCUT2D eigenvalue weighted by Gasteiger charge is -2.21. The van der Waals surface area contributed by atoms with Crippen LogP contribution in [0.5, 0.6) is 0 Å². The Bertz CT molecular complexity index is 756. The van der Waals surface area contributed by atoms with Crippen molar-refractivity contribution in [3.8, 4) is 0 Å². The van der Waals surface area contributed by atoms with Gasteiger partial charge < -0.3 is 15.4 Å². The summed E-state index contributed by atoms with van der Waals surface area (Å²) in [6, 6.07) is 15.0. The van der Waals surface area contributed by atoms with Crippen LogP contribution in [0, 0.1) is 0 Å². The van der Waals surface area contributed by atoms with Crippen molar-refractivity contribution < 1.29 is 14.3 Å². The summed E-state index contributed by atoms with van der Waals surface area (Å²) in [5.41, 5.74) is 9.03. The molecular formula is C22H28N2O3. The highest BCUT2D eigenvalue weighted by molar-refractivity contribution is 6.06. The third-order valence-corrected chi connectivity index (χ3v) is 4.62. The fraction of sp³-hybridized carbons (Fsp3) is 0.364. The minimum absolute atomic E-state index is 0.0551. The van der Waals surface area contributed by atoms with Gasteiger partial charge in [0.2, 0.25) is 0 Å². The molecule has 0 spiro atoms. The Morgan fingerprint density at radius 1 is 0.963 bits per heavy atom. The van der Waals surface area contributed by atoms with Crippen LogP contribution < -0.4 is 10.6 Å². The zero-order chi connectivity index (χ0) is 19.6. The van der Waals surface area contributed by atoms with E-state index in [4.69, 9.17) is 5.73 Å². The lowest BCUT2D eigenvalue weighted by atomic mass is 10.0. The van der Waals surface area contributed by atoms with Crippen molar-refractivity contribution in [2.24, 2.45) is 0 Å². The number of nitrogens with two attached hydrogens (primary N) is 1. The lowest BCUT2D eigenvalue weighted by molar-refractivity contribution is -0.140. The maximum Gasteiger partial charge on any atom is 0.305 e. The van der Waals surface area contributed by atoms with E-state index < -0.39 is 0 Å². The van der Waals surface area contributed by atoms with Crippen LogP contribution in [0.1, 0.15) is 48.0 Å². The van der Waals surface area contributed by atoms with Crippen LogP contribution in [0.15, 0.2) is 48.5 Å². The summed E-state index contributed by atoms with van der Waals surface area (Å²) in [5.74, 6) is -0.205. The molecule has 0 unspecified atom stereocenters. The van der Waals surface area contributed by atoms with Crippen LogP contribution in [-0.2, 0) is 16.0 Å². The number of amides is 1. The van der Waals surface area contributed by atoms with Gasteiger partial charge >= 0.3 is 5.97 Å². The Morgan fingerprint density at radius 2 is 1.63 bits per heavy atom. The van der Waals surface area contributed by atoms with Crippen LogP contribution >= 0.6 is 0 Å². The fourth-order valence-electron chi connectivity index (χ4n) is 3.02. The van der Waals surface area contributed by atoms with Crippen molar-refractivity contribution in [2.45, 2.75) is 38.5 Å². The fourth-order valence-corrected chi connectivity index (χ4v) is 3.02. The second-order valence-corrected chi connectivity index (χ2v) is 6.61. The number of benzene rings is 2. The maximum absolute atomic E-state index is 12.8. The van der Waals surface area contributed by atoms with Crippen molar-refractivity contribution in [3.63, 3.8) is 0 Å². The zero-order valence-corrected chi connectivity index (χ0v) is 16.1. The highest BCUT2D eigenvalue weighted by Crippen LogP contribution is 2.23. The number of carbonyl (C=O) groups excluding carboxylic acids is 2. The number of para-hydroxylation sites is 1. The van der Waals surface area contributed by atoms with E-state index in [0.29, 0.717) is 17.7 Å². The van der Waals surface area contributed by atoms with Gasteiger partial charge in [-0.15, -0.1) is 0 Å². The van der Waals surface area contributed by atoms with E-state index >= 15 is 0 Å². The number of esters is 1. The summed E-state index contributed by atoms with van der Waals surface area (Å²) < 4.78 is 4.65. The molecule has 0 saturated carbocycles. The smallest absolute Gasteiger partial charge is 0.305 e. The van der Waals surface area contributed by atoms with Gasteiger partial charge in [0.1, 0.15) is 0 Å². The first-order valence-corrected chi connectivity index (χ1v) is 9.31. The number of carbonyl (C=O) groups is 2. The average Bonchev–Trinajstić information content (AvgIpc) is 2.70. The summed E-state index contributed by atoms with van der Waals surface area (Å²) >= 11 is 0. The number of ether oxygens (including phenoxy) is 1. The summed E-state index contributed by atoms with van der Waals surface area (Å²) in [6.07, 6.45) is 5.28. The number of hydrogen-bond acceptors (Lipinski definition) is 4. The summed E-state index contributed by atoms with van der Waals surface area (Å²) in [6.45, 7) is 0. The molecule has 2 rings (SSSR count). The van der Waals surface area contributed by atoms with Crippen molar-refractivity contribution >= 4 is 23.3 Å². The molecule has 0 atom stereocenters. The van der Waals surface area contributed by atoms with Crippen LogP contribution in [-0.4, -0.2) is 26.0 Å². The van der Waals surface area contributed by atoms with Gasteiger partial charge in [0.25, 0.3) is 5.91 Å². The van der Waals surface area contributed by atoms with Gasteiger partial charge in [-0.25, -0.2) is 0 Å². The summed E-state index contributed by atoms with van der Waals surface area (Å²) in [5, 5.41) is 0. The molecule has 0 radical (unpaired) electrons. The first kappa shape index (κ1) is 20.5. The van der Waals surface area contributed by atoms with Crippen molar-refractivity contribution in [3.05, 3.63) is 59.7 Å². The van der Waals surface area contributed by atoms with Gasteiger partial charge in [-0.2, -0.15) is 0 Å². The molecule has 27 heavy (non-hydrogen) atoms. The number of methoxy groups -OCH3 is 1. The van der Waals surface area contributed by atoms with E-state index in [-0.39, 0.29) is 11.9 Å². The number of aryl methyl sites for hydroxylation is 1. The Hall–Kier alpha value is -2.82. The van der Waals surface area contributed by atoms with Gasteiger partial charge in [0, 0.05) is 30.4 Å². The number of nitrogens with zero attached hydrogens (tertiary/aromatic N) is 1. The third-order valence-electron chi connectivity index (χ3n) is 4.62. The molecule has 0 aliphatic rings. The Morgan fingerprint density at radius 3 is 2.33 bits per heavy atom. The molecule has 0 bridgehead atoms. The molecule has 0 aliphatic carbocycles. The number of unbranched alkanes of at least 4 members (excludes halogenated alkanes) is 3. The topological polar surface area (TPSA) is 72.6 Å². The van der Waals surface area contributed by atoms with Crippen LogP contribution in [0.3, 0.4) is 0 Å². The van der Waals surface area contributed by atoms with Crippen LogP contribution in [0.4, 0.5) is 11.4 Å². The molecular weight excluding hydrogens is 340 g/mol. The molecule has 2 N–H and O–H groups in total. The van der Waals surface area contributed by atoms with E-state index in [2.05, 4.69) is 10.8 Å². The average molecular weight is 368 g/mol. The van der Waals surface area contributed by atoms with Crippen molar-refractivity contribution in [1.29, 1.82) is 0 Å². The largest absolute Gasteiger partial charge is 0.469 e.